The van der Waals surface area contributed by atoms with Gasteiger partial charge in [-0.05, 0) is 12.8 Å². The van der Waals surface area contributed by atoms with Crippen molar-refractivity contribution in [2.45, 2.75) is 39.2 Å². The Kier molecular flexibility index (Phi) is 6.23. The van der Waals surface area contributed by atoms with Gasteiger partial charge < -0.3 is 10.4 Å². The van der Waals surface area contributed by atoms with Crippen molar-refractivity contribution >= 4 is 0 Å². The fraction of sp³-hybridized carbons (Fsp3) is 1.00. The molecular formula is C7H16N2O3-2. The summed E-state index contributed by atoms with van der Waals surface area (Å²) < 4.78 is 0. The summed E-state index contributed by atoms with van der Waals surface area (Å²) in [6.07, 6.45) is 2.34. The van der Waals surface area contributed by atoms with Gasteiger partial charge in [0.15, 0.2) is 0 Å². The van der Waals surface area contributed by atoms with Gasteiger partial charge in [0.1, 0.15) is 0 Å². The maximum atomic E-state index is 11.0. The molecule has 0 aliphatic carbocycles. The molecule has 5 heteroatoms. The van der Waals surface area contributed by atoms with E-state index in [-0.39, 0.29) is 11.3 Å². The lowest BCUT2D eigenvalue weighted by Crippen LogP contribution is -2.33. The molecule has 1 atom stereocenters. The van der Waals surface area contributed by atoms with Crippen LogP contribution in [0, 0.1) is 10.4 Å². The van der Waals surface area contributed by atoms with Crippen molar-refractivity contribution in [1.82, 2.24) is 10.5 Å². The van der Waals surface area contributed by atoms with Crippen LogP contribution in [-0.4, -0.2) is 23.5 Å². The first-order valence-corrected chi connectivity index (χ1v) is 4.17. The molecule has 0 rings (SSSR count). The molecule has 0 amide bonds. The fourth-order valence-corrected chi connectivity index (χ4v) is 0.972. The minimum Gasteiger partial charge on any atom is -0.761 e. The average Bonchev–Trinajstić information content (AvgIpc) is 1.98. The molecule has 0 saturated heterocycles. The minimum absolute atomic E-state index is 0.158. The van der Waals surface area contributed by atoms with E-state index in [4.69, 9.17) is 0 Å². The molecule has 0 spiro atoms. The van der Waals surface area contributed by atoms with E-state index in [1.807, 2.05) is 13.8 Å². The van der Waals surface area contributed by atoms with Crippen LogP contribution in [0.3, 0.4) is 0 Å². The normalized spacial score (nSPS) is 14.2. The predicted octanol–water partition coefficient (Wildman–Crippen LogP) is 1.64. The molecular weight excluding hydrogens is 160 g/mol. The van der Waals surface area contributed by atoms with Gasteiger partial charge >= 0.3 is 0 Å². The van der Waals surface area contributed by atoms with E-state index >= 15 is 0 Å². The molecule has 12 heavy (non-hydrogen) atoms. The third kappa shape index (κ3) is 4.63. The molecule has 0 N–H and O–H groups in total. The number of nitrogens with zero attached hydrogens (tertiary/aromatic N) is 2. The second-order valence-corrected chi connectivity index (χ2v) is 2.66. The van der Waals surface area contributed by atoms with Crippen LogP contribution in [0.2, 0.25) is 0 Å². The molecule has 0 aromatic heterocycles. The average molecular weight is 176 g/mol. The van der Waals surface area contributed by atoms with Crippen LogP contribution in [-0.2, 0) is 4.94 Å². The lowest BCUT2D eigenvalue weighted by molar-refractivity contribution is -0.287. The van der Waals surface area contributed by atoms with Crippen molar-refractivity contribution in [3.63, 3.8) is 0 Å². The topological polar surface area (TPSA) is 61.8 Å². The molecule has 0 radical (unpaired) electrons. The number of hydrogen-bond acceptors (Lipinski definition) is 5. The van der Waals surface area contributed by atoms with Gasteiger partial charge in [-0.2, -0.15) is 0 Å². The van der Waals surface area contributed by atoms with Crippen LogP contribution in [0.25, 0.3) is 0 Å². The zero-order valence-corrected chi connectivity index (χ0v) is 7.82. The summed E-state index contributed by atoms with van der Waals surface area (Å²) in [6, 6.07) is -0.216. The Bertz CT molecular complexity index is 111. The van der Waals surface area contributed by atoms with E-state index in [0.29, 0.717) is 11.6 Å². The van der Waals surface area contributed by atoms with Crippen LogP contribution in [0.5, 0.6) is 0 Å². The third-order valence-electron chi connectivity index (χ3n) is 1.59. The van der Waals surface area contributed by atoms with E-state index < -0.39 is 0 Å². The highest BCUT2D eigenvalue weighted by Gasteiger charge is 2.07. The van der Waals surface area contributed by atoms with E-state index in [9.17, 15) is 10.4 Å². The maximum absolute atomic E-state index is 11.0. The van der Waals surface area contributed by atoms with Crippen molar-refractivity contribution < 1.29 is 4.94 Å². The lowest BCUT2D eigenvalue weighted by atomic mass is 10.1. The predicted molar refractivity (Wildman–Crippen MR) is 46.4 cm³/mol. The van der Waals surface area contributed by atoms with Gasteiger partial charge in [0, 0.05) is 13.1 Å². The zero-order valence-electron chi connectivity index (χ0n) is 7.82. The molecule has 0 aromatic rings. The van der Waals surface area contributed by atoms with Gasteiger partial charge in [0.25, 0.3) is 0 Å². The SMILES string of the molecule is CCC[C@H](CC)N([O-])ON(C)[O-]. The standard InChI is InChI=1S/C7H16N2O3/c1-4-6-7(5-2)9(11)12-8(3)10/h7H,4-6H2,1-3H3/q-2/t7-/m0/s1. The Labute approximate surface area is 73.0 Å². The number of rotatable bonds is 6. The summed E-state index contributed by atoms with van der Waals surface area (Å²) in [5, 5.41) is 21.9. The minimum atomic E-state index is -0.216. The van der Waals surface area contributed by atoms with Gasteiger partial charge in [-0.1, -0.05) is 20.3 Å². The van der Waals surface area contributed by atoms with Gasteiger partial charge in [-0.3, -0.25) is 0 Å². The monoisotopic (exact) mass is 176 g/mol. The number of hydrogen-bond donors (Lipinski definition) is 0. The van der Waals surface area contributed by atoms with E-state index in [1.54, 1.807) is 0 Å². The summed E-state index contributed by atoms with van der Waals surface area (Å²) in [5.41, 5.74) is 0. The summed E-state index contributed by atoms with van der Waals surface area (Å²) >= 11 is 0. The highest BCUT2D eigenvalue weighted by atomic mass is 17.1. The largest absolute Gasteiger partial charge is 0.761 e. The lowest BCUT2D eigenvalue weighted by Gasteiger charge is -2.39. The summed E-state index contributed by atoms with van der Waals surface area (Å²) in [4.78, 5) is 4.31. The summed E-state index contributed by atoms with van der Waals surface area (Å²) in [6.45, 7) is 3.87. The maximum Gasteiger partial charge on any atom is 0.0235 e. The van der Waals surface area contributed by atoms with Crippen LogP contribution in [0.4, 0.5) is 0 Å². The Morgan fingerprint density at radius 3 is 2.25 bits per heavy atom. The molecule has 0 heterocycles. The van der Waals surface area contributed by atoms with E-state index in [1.165, 1.54) is 0 Å². The molecule has 74 valence electrons. The highest BCUT2D eigenvalue weighted by Crippen LogP contribution is 2.10. The van der Waals surface area contributed by atoms with Crippen molar-refractivity contribution in [2.75, 3.05) is 7.05 Å². The van der Waals surface area contributed by atoms with E-state index in [0.717, 1.165) is 19.9 Å². The molecule has 0 aliphatic rings. The van der Waals surface area contributed by atoms with Crippen LogP contribution >= 0.6 is 0 Å². The third-order valence-corrected chi connectivity index (χ3v) is 1.59. The van der Waals surface area contributed by atoms with Crippen molar-refractivity contribution in [3.05, 3.63) is 10.4 Å². The molecule has 0 aromatic carbocycles. The van der Waals surface area contributed by atoms with Gasteiger partial charge in [-0.15, -0.1) is 0 Å². The Morgan fingerprint density at radius 1 is 1.33 bits per heavy atom. The summed E-state index contributed by atoms with van der Waals surface area (Å²) in [7, 11) is 1.14. The van der Waals surface area contributed by atoms with Crippen molar-refractivity contribution in [2.24, 2.45) is 0 Å². The first kappa shape index (κ1) is 11.8. The van der Waals surface area contributed by atoms with Crippen molar-refractivity contribution in [3.8, 4) is 0 Å². The first-order valence-electron chi connectivity index (χ1n) is 4.17. The molecule has 0 bridgehead atoms. The first-order chi connectivity index (χ1) is 5.61. The number of hydroxylamine groups is 4. The summed E-state index contributed by atoms with van der Waals surface area (Å²) in [5.74, 6) is 0. The van der Waals surface area contributed by atoms with Crippen LogP contribution < -0.4 is 0 Å². The van der Waals surface area contributed by atoms with Gasteiger partial charge in [0.05, 0.1) is 0 Å². The van der Waals surface area contributed by atoms with Crippen LogP contribution in [0.15, 0.2) is 0 Å². The zero-order chi connectivity index (χ0) is 9.56. The Hall–Kier alpha value is -0.200. The second-order valence-electron chi connectivity index (χ2n) is 2.66. The molecule has 0 fully saturated rings. The second kappa shape index (κ2) is 6.33. The quantitative estimate of drug-likeness (QED) is 0.576. The highest BCUT2D eigenvalue weighted by molar-refractivity contribution is 4.62. The molecule has 5 nitrogen and oxygen atoms in total. The smallest absolute Gasteiger partial charge is 0.0235 e. The Balaban J connectivity index is 3.76. The molecule has 0 aliphatic heterocycles. The van der Waals surface area contributed by atoms with Crippen LogP contribution in [0.1, 0.15) is 33.1 Å². The van der Waals surface area contributed by atoms with Gasteiger partial charge in [-0.25, -0.2) is 15.4 Å². The van der Waals surface area contributed by atoms with Crippen molar-refractivity contribution in [1.29, 1.82) is 0 Å². The fourth-order valence-electron chi connectivity index (χ4n) is 0.972. The Morgan fingerprint density at radius 2 is 1.92 bits per heavy atom. The molecule has 0 saturated carbocycles. The molecule has 0 unspecified atom stereocenters. The van der Waals surface area contributed by atoms with E-state index in [2.05, 4.69) is 4.94 Å². The van der Waals surface area contributed by atoms with Gasteiger partial charge in [0.2, 0.25) is 0 Å².